The molecule has 0 fully saturated rings. The van der Waals surface area contributed by atoms with Crippen LogP contribution in [-0.2, 0) is 4.84 Å². The lowest BCUT2D eigenvalue weighted by Crippen LogP contribution is -2.30. The number of aromatic nitrogens is 2. The summed E-state index contributed by atoms with van der Waals surface area (Å²) in [5, 5.41) is 24.3. The SMILES string of the molecule is CC.Cc1ccc(Nc2c(C(=O)NOCC(O)CO)cc3snnc3c2F)c(F)c1. The summed E-state index contributed by atoms with van der Waals surface area (Å²) in [7, 11) is 0. The number of hydroxylamine groups is 1. The van der Waals surface area contributed by atoms with Crippen molar-refractivity contribution in [3.05, 3.63) is 47.0 Å². The van der Waals surface area contributed by atoms with E-state index in [1.54, 1.807) is 13.0 Å². The summed E-state index contributed by atoms with van der Waals surface area (Å²) in [6, 6.07) is 5.66. The maximum Gasteiger partial charge on any atom is 0.277 e. The van der Waals surface area contributed by atoms with Gasteiger partial charge in [-0.25, -0.2) is 14.3 Å². The highest BCUT2D eigenvalue weighted by molar-refractivity contribution is 7.13. The number of carbonyl (C=O) groups is 1. The van der Waals surface area contributed by atoms with E-state index < -0.39 is 30.3 Å². The molecule has 30 heavy (non-hydrogen) atoms. The first-order valence-corrected chi connectivity index (χ1v) is 9.86. The number of anilines is 2. The topological polar surface area (TPSA) is 117 Å². The summed E-state index contributed by atoms with van der Waals surface area (Å²) < 4.78 is 33.1. The molecule has 8 nitrogen and oxygen atoms in total. The molecule has 1 heterocycles. The highest BCUT2D eigenvalue weighted by atomic mass is 32.1. The summed E-state index contributed by atoms with van der Waals surface area (Å²) in [5.41, 5.74) is 2.17. The lowest BCUT2D eigenvalue weighted by atomic mass is 10.1. The Morgan fingerprint density at radius 2 is 2.03 bits per heavy atom. The number of halogens is 2. The highest BCUT2D eigenvalue weighted by Crippen LogP contribution is 2.32. The molecular formula is C19H22F2N4O4S. The first-order valence-electron chi connectivity index (χ1n) is 9.09. The summed E-state index contributed by atoms with van der Waals surface area (Å²) >= 11 is 0.889. The van der Waals surface area contributed by atoms with Crippen LogP contribution in [0.5, 0.6) is 0 Å². The number of benzene rings is 2. The first-order chi connectivity index (χ1) is 14.4. The average Bonchev–Trinajstić information content (AvgIpc) is 3.21. The molecule has 3 aromatic rings. The van der Waals surface area contributed by atoms with E-state index in [1.165, 1.54) is 18.2 Å². The molecule has 2 aromatic carbocycles. The van der Waals surface area contributed by atoms with Crippen LogP contribution in [0.3, 0.4) is 0 Å². The van der Waals surface area contributed by atoms with Crippen LogP contribution >= 0.6 is 11.5 Å². The Labute approximate surface area is 175 Å². The minimum Gasteiger partial charge on any atom is -0.394 e. The molecule has 0 bridgehead atoms. The monoisotopic (exact) mass is 440 g/mol. The predicted molar refractivity (Wildman–Crippen MR) is 110 cm³/mol. The molecule has 1 unspecified atom stereocenters. The van der Waals surface area contributed by atoms with Gasteiger partial charge < -0.3 is 15.5 Å². The lowest BCUT2D eigenvalue weighted by Gasteiger charge is -2.15. The van der Waals surface area contributed by atoms with Crippen LogP contribution in [0, 0.1) is 18.6 Å². The molecule has 0 aliphatic rings. The molecule has 0 radical (unpaired) electrons. The van der Waals surface area contributed by atoms with Crippen molar-refractivity contribution in [3.8, 4) is 0 Å². The number of carbonyl (C=O) groups excluding carboxylic acids is 1. The number of fused-ring (bicyclic) bond motifs is 1. The normalized spacial score (nSPS) is 11.6. The van der Waals surface area contributed by atoms with Crippen molar-refractivity contribution in [3.63, 3.8) is 0 Å². The Bertz CT molecular complexity index is 1020. The fourth-order valence-corrected chi connectivity index (χ4v) is 2.95. The fraction of sp³-hybridized carbons (Fsp3) is 0.316. The van der Waals surface area contributed by atoms with Crippen LogP contribution in [0.4, 0.5) is 20.2 Å². The Morgan fingerprint density at radius 1 is 1.30 bits per heavy atom. The number of nitrogens with zero attached hydrogens (tertiary/aromatic N) is 2. The minimum absolute atomic E-state index is 0.0299. The van der Waals surface area contributed by atoms with Gasteiger partial charge in [-0.2, -0.15) is 0 Å². The van der Waals surface area contributed by atoms with Gasteiger partial charge in [-0.15, -0.1) is 5.10 Å². The molecule has 1 amide bonds. The third kappa shape index (κ3) is 5.45. The Balaban J connectivity index is 0.00000155. The number of nitrogens with one attached hydrogen (secondary N) is 2. The van der Waals surface area contributed by atoms with Gasteiger partial charge in [0.2, 0.25) is 0 Å². The summed E-state index contributed by atoms with van der Waals surface area (Å²) in [4.78, 5) is 17.3. The third-order valence-corrected chi connectivity index (χ3v) is 4.44. The number of hydrogen-bond donors (Lipinski definition) is 4. The summed E-state index contributed by atoms with van der Waals surface area (Å²) in [6.45, 7) is 4.78. The van der Waals surface area contributed by atoms with E-state index in [4.69, 9.17) is 9.94 Å². The molecule has 11 heteroatoms. The van der Waals surface area contributed by atoms with Crippen LogP contribution in [0.25, 0.3) is 10.2 Å². The van der Waals surface area contributed by atoms with Gasteiger partial charge in [0.05, 0.1) is 28.2 Å². The van der Waals surface area contributed by atoms with Crippen molar-refractivity contribution in [1.29, 1.82) is 0 Å². The number of hydrogen-bond acceptors (Lipinski definition) is 8. The van der Waals surface area contributed by atoms with E-state index in [0.717, 1.165) is 11.5 Å². The maximum absolute atomic E-state index is 15.0. The Kier molecular flexibility index (Phi) is 8.54. The van der Waals surface area contributed by atoms with Crippen molar-refractivity contribution in [1.82, 2.24) is 15.1 Å². The number of aliphatic hydroxyl groups is 2. The quantitative estimate of drug-likeness (QED) is 0.417. The average molecular weight is 440 g/mol. The van der Waals surface area contributed by atoms with Gasteiger partial charge in [0.15, 0.2) is 5.82 Å². The highest BCUT2D eigenvalue weighted by Gasteiger charge is 2.22. The molecule has 0 aliphatic carbocycles. The van der Waals surface area contributed by atoms with Crippen LogP contribution in [-0.4, -0.2) is 45.0 Å². The Morgan fingerprint density at radius 3 is 2.70 bits per heavy atom. The number of aryl methyl sites for hydroxylation is 1. The van der Waals surface area contributed by atoms with E-state index in [9.17, 15) is 18.7 Å². The smallest absolute Gasteiger partial charge is 0.277 e. The van der Waals surface area contributed by atoms with Crippen molar-refractivity contribution >= 4 is 39.0 Å². The molecule has 1 atom stereocenters. The van der Waals surface area contributed by atoms with Crippen molar-refractivity contribution < 1.29 is 28.6 Å². The largest absolute Gasteiger partial charge is 0.394 e. The van der Waals surface area contributed by atoms with E-state index in [1.807, 2.05) is 13.8 Å². The van der Waals surface area contributed by atoms with Gasteiger partial charge in [-0.1, -0.05) is 24.4 Å². The van der Waals surface area contributed by atoms with Gasteiger partial charge in [-0.05, 0) is 42.2 Å². The summed E-state index contributed by atoms with van der Waals surface area (Å²) in [5.74, 6) is -2.33. The van der Waals surface area contributed by atoms with E-state index in [2.05, 4.69) is 20.4 Å². The van der Waals surface area contributed by atoms with Gasteiger partial charge >= 0.3 is 0 Å². The molecule has 0 aliphatic heterocycles. The van der Waals surface area contributed by atoms with Crippen LogP contribution < -0.4 is 10.8 Å². The van der Waals surface area contributed by atoms with Gasteiger partial charge in [0, 0.05) is 0 Å². The number of amides is 1. The molecular weight excluding hydrogens is 418 g/mol. The number of aliphatic hydroxyl groups excluding tert-OH is 2. The van der Waals surface area contributed by atoms with Gasteiger partial charge in [0.25, 0.3) is 5.91 Å². The second-order valence-electron chi connectivity index (χ2n) is 5.92. The molecule has 0 spiro atoms. The molecule has 1 aromatic heterocycles. The van der Waals surface area contributed by atoms with Gasteiger partial charge in [0.1, 0.15) is 24.0 Å². The second kappa shape index (κ2) is 10.9. The molecule has 0 saturated heterocycles. The van der Waals surface area contributed by atoms with Crippen LogP contribution in [0.15, 0.2) is 24.3 Å². The predicted octanol–water partition coefficient (Wildman–Crippen LogP) is 3.06. The Hall–Kier alpha value is -2.73. The van der Waals surface area contributed by atoms with E-state index in [-0.39, 0.29) is 29.1 Å². The second-order valence-corrected chi connectivity index (χ2v) is 6.71. The molecule has 0 saturated carbocycles. The first kappa shape index (κ1) is 23.5. The zero-order chi connectivity index (χ0) is 22.3. The van der Waals surface area contributed by atoms with Crippen LogP contribution in [0.1, 0.15) is 29.8 Å². The zero-order valence-corrected chi connectivity index (χ0v) is 17.4. The summed E-state index contributed by atoms with van der Waals surface area (Å²) in [6.07, 6.45) is -1.19. The molecule has 162 valence electrons. The number of rotatable bonds is 7. The van der Waals surface area contributed by atoms with Crippen molar-refractivity contribution in [2.75, 3.05) is 18.5 Å². The lowest BCUT2D eigenvalue weighted by molar-refractivity contribution is -0.0295. The van der Waals surface area contributed by atoms with Crippen molar-refractivity contribution in [2.45, 2.75) is 26.9 Å². The minimum atomic E-state index is -1.19. The fourth-order valence-electron chi connectivity index (χ4n) is 2.35. The zero-order valence-electron chi connectivity index (χ0n) is 16.6. The molecule has 4 N–H and O–H groups in total. The van der Waals surface area contributed by atoms with E-state index >= 15 is 0 Å². The van der Waals surface area contributed by atoms with Gasteiger partial charge in [-0.3, -0.25) is 9.63 Å². The van der Waals surface area contributed by atoms with Crippen molar-refractivity contribution in [2.24, 2.45) is 0 Å². The standard InChI is InChI=1S/C17H16F2N4O4S.C2H6/c1-8-2-3-12(11(18)4-8)20-15-10(17(26)22-27-7-9(25)6-24)5-13-16(14(15)19)21-23-28-13;1-2/h2-5,9,20,24-25H,6-7H2,1H3,(H,22,26);1-2H3. The van der Waals surface area contributed by atoms with E-state index in [0.29, 0.717) is 10.3 Å². The maximum atomic E-state index is 15.0. The molecule has 3 rings (SSSR count). The van der Waals surface area contributed by atoms with Crippen LogP contribution in [0.2, 0.25) is 0 Å². The third-order valence-electron chi connectivity index (χ3n) is 3.77.